The number of nitrogens with two attached hydrogens (primary N) is 2. The molecule has 5 unspecified atom stereocenters. The molecule has 1 heterocycles. The molecule has 0 fully saturated rings. The summed E-state index contributed by atoms with van der Waals surface area (Å²) in [5.41, 5.74) is 13.9. The number of H-pyrrole nitrogens is 1. The summed E-state index contributed by atoms with van der Waals surface area (Å²) in [6.45, 7) is 3.65. The quantitative estimate of drug-likeness (QED) is 0.137. The molecule has 9 N–H and O–H groups in total. The van der Waals surface area contributed by atoms with E-state index in [1.165, 1.54) is 0 Å². The number of amides is 4. The summed E-state index contributed by atoms with van der Waals surface area (Å²) >= 11 is 0. The summed E-state index contributed by atoms with van der Waals surface area (Å²) in [4.78, 5) is 66.0. The summed E-state index contributed by atoms with van der Waals surface area (Å²) in [6, 6.07) is 11.7. The molecule has 0 radical (unpaired) electrons. The molecule has 1 aromatic heterocycles. The maximum absolute atomic E-state index is 13.6. The van der Waals surface area contributed by atoms with Crippen LogP contribution in [0, 0.1) is 5.92 Å². The molecule has 3 rings (SSSR count). The largest absolute Gasteiger partial charge is 0.480 e. The number of benzene rings is 2. The number of rotatable bonds is 15. The molecular weight excluding hydrogens is 540 g/mol. The van der Waals surface area contributed by atoms with Crippen LogP contribution in [0.15, 0.2) is 60.8 Å². The fraction of sp³-hybridized carbons (Fsp3) is 0.367. The van der Waals surface area contributed by atoms with Crippen LogP contribution in [-0.4, -0.2) is 63.9 Å². The first kappa shape index (κ1) is 31.8. The van der Waals surface area contributed by atoms with Crippen molar-refractivity contribution in [3.8, 4) is 0 Å². The van der Waals surface area contributed by atoms with Crippen molar-refractivity contribution in [1.29, 1.82) is 0 Å². The van der Waals surface area contributed by atoms with E-state index in [0.29, 0.717) is 12.0 Å². The van der Waals surface area contributed by atoms with Crippen molar-refractivity contribution in [1.82, 2.24) is 20.9 Å². The van der Waals surface area contributed by atoms with Crippen LogP contribution in [0.4, 0.5) is 0 Å². The van der Waals surface area contributed by atoms with Crippen LogP contribution in [0.25, 0.3) is 10.9 Å². The molecule has 0 saturated carbocycles. The van der Waals surface area contributed by atoms with Crippen LogP contribution in [0.3, 0.4) is 0 Å². The topological polar surface area (TPSA) is 209 Å². The van der Waals surface area contributed by atoms with E-state index < -0.39 is 60.2 Å². The highest BCUT2D eigenvalue weighted by Crippen LogP contribution is 2.19. The molecule has 12 nitrogen and oxygen atoms in total. The molecule has 0 saturated heterocycles. The Balaban J connectivity index is 1.77. The van der Waals surface area contributed by atoms with Crippen LogP contribution in [0.1, 0.15) is 37.8 Å². The van der Waals surface area contributed by atoms with Gasteiger partial charge in [-0.15, -0.1) is 0 Å². The van der Waals surface area contributed by atoms with Gasteiger partial charge in [0.15, 0.2) is 0 Å². The van der Waals surface area contributed by atoms with Gasteiger partial charge < -0.3 is 37.5 Å². The Morgan fingerprint density at radius 2 is 1.50 bits per heavy atom. The number of hydrogen-bond acceptors (Lipinski definition) is 6. The van der Waals surface area contributed by atoms with E-state index in [1.807, 2.05) is 31.2 Å². The molecular formula is C30H38N6O6. The van der Waals surface area contributed by atoms with Crippen molar-refractivity contribution in [3.05, 3.63) is 71.9 Å². The summed E-state index contributed by atoms with van der Waals surface area (Å²) in [7, 11) is 0. The van der Waals surface area contributed by atoms with Gasteiger partial charge in [0.05, 0.1) is 12.5 Å². The van der Waals surface area contributed by atoms with Gasteiger partial charge in [-0.05, 0) is 29.5 Å². The second kappa shape index (κ2) is 14.8. The fourth-order valence-corrected chi connectivity index (χ4v) is 4.59. The van der Waals surface area contributed by atoms with E-state index in [0.717, 1.165) is 16.5 Å². The number of hydrogen-bond donors (Lipinski definition) is 7. The highest BCUT2D eigenvalue weighted by atomic mass is 16.4. The highest BCUT2D eigenvalue weighted by molar-refractivity contribution is 5.95. The van der Waals surface area contributed by atoms with Crippen LogP contribution < -0.4 is 27.4 Å². The molecule has 3 aromatic rings. The zero-order valence-electron chi connectivity index (χ0n) is 23.6. The number of carbonyl (C=O) groups excluding carboxylic acids is 4. The van der Waals surface area contributed by atoms with E-state index in [-0.39, 0.29) is 18.8 Å². The maximum Gasteiger partial charge on any atom is 0.326 e. The summed E-state index contributed by atoms with van der Waals surface area (Å²) in [5.74, 6) is -4.65. The van der Waals surface area contributed by atoms with E-state index >= 15 is 0 Å². The van der Waals surface area contributed by atoms with Crippen LogP contribution in [-0.2, 0) is 36.8 Å². The number of aromatic nitrogens is 1. The van der Waals surface area contributed by atoms with Gasteiger partial charge in [-0.25, -0.2) is 4.79 Å². The molecule has 12 heteroatoms. The van der Waals surface area contributed by atoms with Crippen molar-refractivity contribution in [2.75, 3.05) is 0 Å². The van der Waals surface area contributed by atoms with Gasteiger partial charge in [-0.2, -0.15) is 0 Å². The lowest BCUT2D eigenvalue weighted by atomic mass is 9.96. The van der Waals surface area contributed by atoms with Crippen molar-refractivity contribution in [3.63, 3.8) is 0 Å². The van der Waals surface area contributed by atoms with Crippen LogP contribution in [0.5, 0.6) is 0 Å². The lowest BCUT2D eigenvalue weighted by Crippen LogP contribution is -2.59. The number of carboxylic acid groups (broad SMARTS) is 1. The Bertz CT molecular complexity index is 1410. The Hall–Kier alpha value is -4.71. The summed E-state index contributed by atoms with van der Waals surface area (Å²) in [6.07, 6.45) is 1.98. The minimum absolute atomic E-state index is 0.0303. The lowest BCUT2D eigenvalue weighted by molar-refractivity contribution is -0.143. The number of carboxylic acids is 1. The lowest BCUT2D eigenvalue weighted by Gasteiger charge is -2.28. The van der Waals surface area contributed by atoms with Gasteiger partial charge in [0.2, 0.25) is 23.6 Å². The summed E-state index contributed by atoms with van der Waals surface area (Å²) < 4.78 is 0. The minimum atomic E-state index is -1.57. The van der Waals surface area contributed by atoms with Crippen LogP contribution >= 0.6 is 0 Å². The number of nitrogens with one attached hydrogen (secondary N) is 4. The van der Waals surface area contributed by atoms with Gasteiger partial charge in [-0.3, -0.25) is 19.2 Å². The number of primary amides is 1. The van der Waals surface area contributed by atoms with E-state index in [2.05, 4.69) is 20.9 Å². The highest BCUT2D eigenvalue weighted by Gasteiger charge is 2.33. The predicted octanol–water partition coefficient (Wildman–Crippen LogP) is 0.741. The number of fused-ring (bicyclic) bond motifs is 1. The molecule has 0 aliphatic carbocycles. The average Bonchev–Trinajstić information content (AvgIpc) is 3.37. The molecule has 4 amide bonds. The third kappa shape index (κ3) is 8.64. The van der Waals surface area contributed by atoms with Crippen molar-refractivity contribution in [2.24, 2.45) is 17.4 Å². The van der Waals surface area contributed by atoms with Gasteiger partial charge >= 0.3 is 5.97 Å². The van der Waals surface area contributed by atoms with E-state index in [4.69, 9.17) is 11.5 Å². The number of para-hydroxylation sites is 1. The predicted molar refractivity (Wildman–Crippen MR) is 157 cm³/mol. The summed E-state index contributed by atoms with van der Waals surface area (Å²) in [5, 5.41) is 18.1. The molecule has 0 aliphatic heterocycles. The van der Waals surface area contributed by atoms with Crippen LogP contribution in [0.2, 0.25) is 0 Å². The van der Waals surface area contributed by atoms with Crippen molar-refractivity contribution in [2.45, 2.75) is 63.7 Å². The molecule has 2 aromatic carbocycles. The number of aromatic amines is 1. The molecule has 42 heavy (non-hydrogen) atoms. The Labute approximate surface area is 243 Å². The van der Waals surface area contributed by atoms with Gasteiger partial charge in [0.1, 0.15) is 18.1 Å². The van der Waals surface area contributed by atoms with Gasteiger partial charge in [0, 0.05) is 23.5 Å². The van der Waals surface area contributed by atoms with Crippen molar-refractivity contribution < 1.29 is 29.1 Å². The first-order chi connectivity index (χ1) is 20.0. The second-order valence-electron chi connectivity index (χ2n) is 10.4. The molecule has 5 atom stereocenters. The monoisotopic (exact) mass is 578 g/mol. The molecule has 0 spiro atoms. The zero-order valence-corrected chi connectivity index (χ0v) is 23.6. The van der Waals surface area contributed by atoms with E-state index in [1.54, 1.807) is 43.5 Å². The van der Waals surface area contributed by atoms with Gasteiger partial charge in [0.25, 0.3) is 0 Å². The second-order valence-corrected chi connectivity index (χ2v) is 10.4. The Morgan fingerprint density at radius 1 is 0.857 bits per heavy atom. The number of carbonyl (C=O) groups is 5. The SMILES string of the molecule is CCC(C)C(NC(=O)C(N)Cc1c[nH]c2ccccc12)C(=O)NC(Cc1ccccc1)C(=O)NC(CC(N)=O)C(=O)O. The maximum atomic E-state index is 13.6. The Kier molecular flexibility index (Phi) is 11.2. The average molecular weight is 579 g/mol. The van der Waals surface area contributed by atoms with E-state index in [9.17, 15) is 29.1 Å². The first-order valence-corrected chi connectivity index (χ1v) is 13.8. The normalized spacial score (nSPS) is 14.6. The minimum Gasteiger partial charge on any atom is -0.480 e. The van der Waals surface area contributed by atoms with Gasteiger partial charge in [-0.1, -0.05) is 68.8 Å². The third-order valence-electron chi connectivity index (χ3n) is 7.18. The zero-order chi connectivity index (χ0) is 30.8. The third-order valence-corrected chi connectivity index (χ3v) is 7.18. The molecule has 0 aliphatic rings. The molecule has 224 valence electrons. The first-order valence-electron chi connectivity index (χ1n) is 13.8. The fourth-order valence-electron chi connectivity index (χ4n) is 4.59. The standard InChI is InChI=1S/C30H38N6O6/c1-3-17(2)26(36-27(38)21(31)14-19-16-33-22-12-8-7-11-20(19)22)29(40)34-23(13-18-9-5-4-6-10-18)28(39)35-24(30(41)42)15-25(32)37/h4-12,16-17,21,23-24,26,33H,3,13-15,31H2,1-2H3,(H2,32,37)(H,34,40)(H,35,39)(H,36,38)(H,41,42). The smallest absolute Gasteiger partial charge is 0.326 e. The Morgan fingerprint density at radius 3 is 2.14 bits per heavy atom. The molecule has 0 bridgehead atoms. The van der Waals surface area contributed by atoms with Crippen molar-refractivity contribution >= 4 is 40.5 Å². The number of aliphatic carboxylic acids is 1.